The molecule has 0 unspecified atom stereocenters. The summed E-state index contributed by atoms with van der Waals surface area (Å²) in [6, 6.07) is 0.00458. The summed E-state index contributed by atoms with van der Waals surface area (Å²) >= 11 is 0. The lowest BCUT2D eigenvalue weighted by atomic mass is 10.1. The summed E-state index contributed by atoms with van der Waals surface area (Å²) in [5.74, 6) is 0. The maximum absolute atomic E-state index is 8.07. The fraction of sp³-hybridized carbons (Fsp3) is 1.00. The first-order valence-corrected chi connectivity index (χ1v) is 3.59. The highest BCUT2D eigenvalue weighted by atomic mass is 15.1. The summed E-state index contributed by atoms with van der Waals surface area (Å²) in [7, 11) is 0. The van der Waals surface area contributed by atoms with Crippen molar-refractivity contribution in [2.24, 2.45) is 10.8 Å². The highest BCUT2D eigenvalue weighted by Gasteiger charge is 2.00. The second-order valence-corrected chi connectivity index (χ2v) is 2.24. The Hall–Kier alpha value is -0.730. The molecular formula is C6H14N4. The molecule has 0 heterocycles. The van der Waals surface area contributed by atoms with Crippen LogP contribution in [0.25, 0.3) is 10.4 Å². The second-order valence-electron chi connectivity index (χ2n) is 2.24. The second kappa shape index (κ2) is 6.39. The van der Waals surface area contributed by atoms with Crippen LogP contribution in [0.5, 0.6) is 0 Å². The SMILES string of the molecule is CCCC[C@H](CN)N=[N+]=[N-]. The first-order chi connectivity index (χ1) is 4.85. The van der Waals surface area contributed by atoms with Crippen LogP contribution >= 0.6 is 0 Å². The maximum Gasteiger partial charge on any atom is 0.0496 e. The molecule has 10 heavy (non-hydrogen) atoms. The van der Waals surface area contributed by atoms with E-state index >= 15 is 0 Å². The molecule has 0 spiro atoms. The van der Waals surface area contributed by atoms with Gasteiger partial charge in [0.05, 0.1) is 0 Å². The van der Waals surface area contributed by atoms with E-state index in [-0.39, 0.29) is 6.04 Å². The minimum atomic E-state index is 0.00458. The molecule has 1 atom stereocenters. The van der Waals surface area contributed by atoms with E-state index in [2.05, 4.69) is 16.9 Å². The van der Waals surface area contributed by atoms with Gasteiger partial charge in [-0.25, -0.2) is 0 Å². The van der Waals surface area contributed by atoms with E-state index in [1.807, 2.05) is 0 Å². The van der Waals surface area contributed by atoms with Gasteiger partial charge in [-0.2, -0.15) is 0 Å². The van der Waals surface area contributed by atoms with Crippen molar-refractivity contribution in [3.63, 3.8) is 0 Å². The highest BCUT2D eigenvalue weighted by molar-refractivity contribution is 4.66. The fourth-order valence-corrected chi connectivity index (χ4v) is 0.736. The average Bonchev–Trinajstić information content (AvgIpc) is 1.98. The lowest BCUT2D eigenvalue weighted by Gasteiger charge is -2.04. The molecule has 0 saturated carbocycles. The molecule has 0 aromatic carbocycles. The molecule has 0 radical (unpaired) electrons. The summed E-state index contributed by atoms with van der Waals surface area (Å²) in [4.78, 5) is 2.70. The van der Waals surface area contributed by atoms with Gasteiger partial charge < -0.3 is 5.73 Å². The zero-order valence-electron chi connectivity index (χ0n) is 6.32. The van der Waals surface area contributed by atoms with Crippen LogP contribution in [0.3, 0.4) is 0 Å². The normalized spacial score (nSPS) is 12.2. The number of nitrogens with two attached hydrogens (primary N) is 1. The van der Waals surface area contributed by atoms with Crippen molar-refractivity contribution < 1.29 is 0 Å². The van der Waals surface area contributed by atoms with Crippen molar-refractivity contribution >= 4 is 0 Å². The molecule has 4 heteroatoms. The molecule has 0 aliphatic heterocycles. The Balaban J connectivity index is 3.49. The first kappa shape index (κ1) is 9.27. The summed E-state index contributed by atoms with van der Waals surface area (Å²) in [5.41, 5.74) is 13.4. The highest BCUT2D eigenvalue weighted by Crippen LogP contribution is 2.02. The number of azide groups is 1. The summed E-state index contributed by atoms with van der Waals surface area (Å²) < 4.78 is 0. The Bertz CT molecular complexity index is 117. The standard InChI is InChI=1S/C6H14N4/c1-2-3-4-6(5-7)9-10-8/h6H,2-5,7H2,1H3/t6-/m1/s1. The van der Waals surface area contributed by atoms with Crippen molar-refractivity contribution in [3.05, 3.63) is 10.4 Å². The molecule has 0 aromatic heterocycles. The monoisotopic (exact) mass is 142 g/mol. The molecule has 0 fully saturated rings. The Kier molecular flexibility index (Phi) is 5.92. The van der Waals surface area contributed by atoms with Gasteiger partial charge in [-0.3, -0.25) is 0 Å². The molecule has 0 amide bonds. The largest absolute Gasteiger partial charge is 0.330 e. The predicted molar refractivity (Wildman–Crippen MR) is 41.5 cm³/mol. The van der Waals surface area contributed by atoms with Crippen molar-refractivity contribution in [2.75, 3.05) is 6.54 Å². The van der Waals surface area contributed by atoms with Crippen molar-refractivity contribution in [1.82, 2.24) is 0 Å². The molecule has 58 valence electrons. The number of nitrogens with zero attached hydrogens (tertiary/aromatic N) is 3. The number of hydrogen-bond acceptors (Lipinski definition) is 2. The predicted octanol–water partition coefficient (Wildman–Crippen LogP) is 1.81. The van der Waals surface area contributed by atoms with E-state index in [9.17, 15) is 0 Å². The fourth-order valence-electron chi connectivity index (χ4n) is 0.736. The van der Waals surface area contributed by atoms with Crippen LogP contribution in [-0.2, 0) is 0 Å². The van der Waals surface area contributed by atoms with E-state index in [0.717, 1.165) is 19.3 Å². The summed E-state index contributed by atoms with van der Waals surface area (Å²) in [6.07, 6.45) is 3.12. The van der Waals surface area contributed by atoms with Gasteiger partial charge >= 0.3 is 0 Å². The molecule has 0 rings (SSSR count). The van der Waals surface area contributed by atoms with Gasteiger partial charge in [0, 0.05) is 17.5 Å². The average molecular weight is 142 g/mol. The van der Waals surface area contributed by atoms with E-state index < -0.39 is 0 Å². The van der Waals surface area contributed by atoms with E-state index in [0.29, 0.717) is 6.54 Å². The topological polar surface area (TPSA) is 74.8 Å². The van der Waals surface area contributed by atoms with E-state index in [1.165, 1.54) is 0 Å². The lowest BCUT2D eigenvalue weighted by molar-refractivity contribution is 0.581. The minimum Gasteiger partial charge on any atom is -0.330 e. The summed E-state index contributed by atoms with van der Waals surface area (Å²) in [5, 5.41) is 3.54. The maximum atomic E-state index is 8.07. The van der Waals surface area contributed by atoms with Crippen LogP contribution in [-0.4, -0.2) is 12.6 Å². The summed E-state index contributed by atoms with van der Waals surface area (Å²) in [6.45, 7) is 2.56. The molecule has 4 nitrogen and oxygen atoms in total. The third-order valence-corrected chi connectivity index (χ3v) is 1.38. The van der Waals surface area contributed by atoms with Crippen LogP contribution in [0.2, 0.25) is 0 Å². The van der Waals surface area contributed by atoms with Crippen LogP contribution in [0, 0.1) is 0 Å². The number of rotatable bonds is 5. The third kappa shape index (κ3) is 4.18. The smallest absolute Gasteiger partial charge is 0.0496 e. The van der Waals surface area contributed by atoms with Crippen molar-refractivity contribution in [2.45, 2.75) is 32.2 Å². The lowest BCUT2D eigenvalue weighted by Crippen LogP contribution is -2.16. The van der Waals surface area contributed by atoms with Crippen LogP contribution in [0.15, 0.2) is 5.11 Å². The van der Waals surface area contributed by atoms with Crippen molar-refractivity contribution in [1.29, 1.82) is 0 Å². The molecule has 0 aromatic rings. The number of unbranched alkanes of at least 4 members (excludes halogenated alkanes) is 1. The third-order valence-electron chi connectivity index (χ3n) is 1.38. The molecule has 0 aliphatic rings. The zero-order chi connectivity index (χ0) is 7.82. The Morgan fingerprint density at radius 1 is 1.70 bits per heavy atom. The first-order valence-electron chi connectivity index (χ1n) is 3.59. The molecular weight excluding hydrogens is 128 g/mol. The van der Waals surface area contributed by atoms with E-state index in [4.69, 9.17) is 11.3 Å². The van der Waals surface area contributed by atoms with Gasteiger partial charge in [-0.05, 0) is 12.0 Å². The van der Waals surface area contributed by atoms with Crippen LogP contribution in [0.4, 0.5) is 0 Å². The Labute approximate surface area is 61.0 Å². The van der Waals surface area contributed by atoms with Crippen molar-refractivity contribution in [3.8, 4) is 0 Å². The van der Waals surface area contributed by atoms with E-state index in [1.54, 1.807) is 0 Å². The van der Waals surface area contributed by atoms with Gasteiger partial charge in [0.2, 0.25) is 0 Å². The zero-order valence-corrected chi connectivity index (χ0v) is 6.32. The Morgan fingerprint density at radius 3 is 2.80 bits per heavy atom. The quantitative estimate of drug-likeness (QED) is 0.355. The molecule has 0 saturated heterocycles. The van der Waals surface area contributed by atoms with Gasteiger partial charge in [0.15, 0.2) is 0 Å². The van der Waals surface area contributed by atoms with Gasteiger partial charge in [0.25, 0.3) is 0 Å². The minimum absolute atomic E-state index is 0.00458. The van der Waals surface area contributed by atoms with Gasteiger partial charge in [0.1, 0.15) is 0 Å². The van der Waals surface area contributed by atoms with Crippen LogP contribution in [0.1, 0.15) is 26.2 Å². The van der Waals surface area contributed by atoms with Crippen LogP contribution < -0.4 is 5.73 Å². The molecule has 2 N–H and O–H groups in total. The molecule has 0 aliphatic carbocycles. The molecule has 0 bridgehead atoms. The Morgan fingerprint density at radius 2 is 2.40 bits per heavy atom. The van der Waals surface area contributed by atoms with Gasteiger partial charge in [-0.15, -0.1) is 0 Å². The number of hydrogen-bond donors (Lipinski definition) is 1. The van der Waals surface area contributed by atoms with Gasteiger partial charge in [-0.1, -0.05) is 24.9 Å².